The highest BCUT2D eigenvalue weighted by Gasteiger charge is 2.23. The fraction of sp³-hybridized carbons (Fsp3) is 0.385. The molecule has 0 bridgehead atoms. The molecule has 0 saturated carbocycles. The number of hydrogen-bond donors (Lipinski definition) is 0. The molecule has 0 saturated heterocycles. The molecule has 0 radical (unpaired) electrons. The fourth-order valence-corrected chi connectivity index (χ4v) is 1.32. The molecule has 0 aliphatic carbocycles. The second-order valence-corrected chi connectivity index (χ2v) is 5.02. The molecule has 0 fully saturated rings. The predicted octanol–water partition coefficient (Wildman–Crippen LogP) is 1.92. The molecule has 0 unspecified atom stereocenters. The van der Waals surface area contributed by atoms with Crippen LogP contribution in [0.4, 0.5) is 0 Å². The van der Waals surface area contributed by atoms with Crippen LogP contribution in [0.5, 0.6) is 0 Å². The van der Waals surface area contributed by atoms with E-state index in [1.165, 1.54) is 24.3 Å². The molecule has 1 rings (SSSR count). The molecule has 0 aliphatic rings. The van der Waals surface area contributed by atoms with Gasteiger partial charge < -0.3 is 9.57 Å². The van der Waals surface area contributed by atoms with Crippen molar-refractivity contribution < 1.29 is 24.3 Å². The van der Waals surface area contributed by atoms with Gasteiger partial charge in [0.05, 0.1) is 0 Å². The molecule has 20 heavy (non-hydrogen) atoms. The Morgan fingerprint density at radius 3 is 2.20 bits per heavy atom. The summed E-state index contributed by atoms with van der Waals surface area (Å²) < 4.78 is 4.96. The molecule has 108 valence electrons. The first-order valence-corrected chi connectivity index (χ1v) is 5.83. The molecule has 1 aromatic carbocycles. The number of carbonyl (C=O) groups is 2. The molecule has 0 aromatic heterocycles. The molecule has 0 atom stereocenters. The highest BCUT2D eigenvalue weighted by atomic mass is 16.9. The zero-order chi connectivity index (χ0) is 15.3. The standard InChI is InChI=1S/C13H15NO6/c1-13(2,3)20-12(16)11(15)10-6-4-9(5-7-10)8-19-14(17)18/h4-7H,8H2,1-3H3. The molecular weight excluding hydrogens is 266 g/mol. The van der Waals surface area contributed by atoms with Gasteiger partial charge in [0.1, 0.15) is 12.2 Å². The zero-order valence-corrected chi connectivity index (χ0v) is 11.4. The Morgan fingerprint density at radius 2 is 1.75 bits per heavy atom. The van der Waals surface area contributed by atoms with Crippen LogP contribution in [-0.4, -0.2) is 22.4 Å². The van der Waals surface area contributed by atoms with Crippen LogP contribution >= 0.6 is 0 Å². The van der Waals surface area contributed by atoms with Crippen LogP contribution in [0.2, 0.25) is 0 Å². The Morgan fingerprint density at radius 1 is 1.20 bits per heavy atom. The van der Waals surface area contributed by atoms with Crippen LogP contribution in [-0.2, 0) is 21.0 Å². The lowest BCUT2D eigenvalue weighted by molar-refractivity contribution is -0.763. The number of ether oxygens (including phenoxy) is 1. The summed E-state index contributed by atoms with van der Waals surface area (Å²) in [6, 6.07) is 5.73. The van der Waals surface area contributed by atoms with Gasteiger partial charge in [-0.05, 0) is 26.3 Å². The summed E-state index contributed by atoms with van der Waals surface area (Å²) in [6.07, 6.45) is 0. The summed E-state index contributed by atoms with van der Waals surface area (Å²) >= 11 is 0. The van der Waals surface area contributed by atoms with E-state index in [9.17, 15) is 19.7 Å². The Kier molecular flexibility index (Phi) is 4.79. The fourth-order valence-electron chi connectivity index (χ4n) is 1.32. The van der Waals surface area contributed by atoms with E-state index in [1.807, 2.05) is 0 Å². The first kappa shape index (κ1) is 15.6. The lowest BCUT2D eigenvalue weighted by atomic mass is 10.1. The highest BCUT2D eigenvalue weighted by molar-refractivity contribution is 6.40. The van der Waals surface area contributed by atoms with Gasteiger partial charge in [0, 0.05) is 5.56 Å². The minimum atomic E-state index is -0.938. The van der Waals surface area contributed by atoms with Crippen molar-refractivity contribution in [2.75, 3.05) is 0 Å². The van der Waals surface area contributed by atoms with Crippen molar-refractivity contribution in [3.05, 3.63) is 45.5 Å². The third-order valence-electron chi connectivity index (χ3n) is 2.14. The van der Waals surface area contributed by atoms with Gasteiger partial charge in [-0.25, -0.2) is 4.79 Å². The largest absolute Gasteiger partial charge is 0.454 e. The van der Waals surface area contributed by atoms with E-state index in [1.54, 1.807) is 20.8 Å². The number of hydrogen-bond acceptors (Lipinski definition) is 6. The molecular formula is C13H15NO6. The number of Topliss-reactive ketones (excluding diaryl/α,β-unsaturated/α-hetero) is 1. The van der Waals surface area contributed by atoms with Gasteiger partial charge in [-0.3, -0.25) is 4.79 Å². The van der Waals surface area contributed by atoms with Crippen LogP contribution in [0.15, 0.2) is 24.3 Å². The molecule has 0 N–H and O–H groups in total. The minimum absolute atomic E-state index is 0.157. The van der Waals surface area contributed by atoms with Crippen LogP contribution in [0.3, 0.4) is 0 Å². The maximum absolute atomic E-state index is 11.8. The Hall–Kier alpha value is -2.44. The number of rotatable bonds is 5. The lowest BCUT2D eigenvalue weighted by Crippen LogP contribution is -2.28. The van der Waals surface area contributed by atoms with Crippen molar-refractivity contribution in [2.24, 2.45) is 0 Å². The first-order valence-electron chi connectivity index (χ1n) is 5.83. The van der Waals surface area contributed by atoms with Crippen molar-refractivity contribution in [2.45, 2.75) is 33.0 Å². The van der Waals surface area contributed by atoms with E-state index in [-0.39, 0.29) is 12.2 Å². The van der Waals surface area contributed by atoms with E-state index in [0.29, 0.717) is 5.56 Å². The molecule has 7 nitrogen and oxygen atoms in total. The summed E-state index contributed by atoms with van der Waals surface area (Å²) in [5, 5.41) is 9.13. The first-order chi connectivity index (χ1) is 9.19. The van der Waals surface area contributed by atoms with Gasteiger partial charge >= 0.3 is 5.97 Å². The van der Waals surface area contributed by atoms with Crippen molar-refractivity contribution >= 4 is 11.8 Å². The summed E-state index contributed by atoms with van der Waals surface area (Å²) in [6.45, 7) is 4.77. The maximum atomic E-state index is 11.8. The van der Waals surface area contributed by atoms with Crippen LogP contribution in [0, 0.1) is 10.1 Å². The van der Waals surface area contributed by atoms with Gasteiger partial charge in [0.15, 0.2) is 0 Å². The van der Waals surface area contributed by atoms with Gasteiger partial charge in [-0.15, -0.1) is 10.1 Å². The van der Waals surface area contributed by atoms with Crippen LogP contribution < -0.4 is 0 Å². The Bertz CT molecular complexity index is 515. The normalized spacial score (nSPS) is 10.8. The average Bonchev–Trinajstić information content (AvgIpc) is 2.34. The highest BCUT2D eigenvalue weighted by Crippen LogP contribution is 2.11. The number of carbonyl (C=O) groups excluding carboxylic acids is 2. The molecule has 0 amide bonds. The monoisotopic (exact) mass is 281 g/mol. The average molecular weight is 281 g/mol. The van der Waals surface area contributed by atoms with Crippen molar-refractivity contribution in [1.29, 1.82) is 0 Å². The number of nitrogens with zero attached hydrogens (tertiary/aromatic N) is 1. The Balaban J connectivity index is 2.70. The molecule has 0 aliphatic heterocycles. The number of esters is 1. The molecule has 7 heteroatoms. The number of benzene rings is 1. The third kappa shape index (κ3) is 5.05. The van der Waals surface area contributed by atoms with Crippen molar-refractivity contribution in [1.82, 2.24) is 0 Å². The number of ketones is 1. The maximum Gasteiger partial charge on any atom is 0.380 e. The van der Waals surface area contributed by atoms with Crippen LogP contribution in [0.1, 0.15) is 36.7 Å². The van der Waals surface area contributed by atoms with Gasteiger partial charge in [-0.1, -0.05) is 24.3 Å². The quantitative estimate of drug-likeness (QED) is 0.269. The molecule has 0 heterocycles. The van der Waals surface area contributed by atoms with E-state index in [4.69, 9.17) is 4.74 Å². The summed E-state index contributed by atoms with van der Waals surface area (Å²) in [5.74, 6) is -1.70. The van der Waals surface area contributed by atoms with Crippen molar-refractivity contribution in [3.8, 4) is 0 Å². The van der Waals surface area contributed by atoms with E-state index >= 15 is 0 Å². The summed E-state index contributed by atoms with van der Waals surface area (Å²) in [4.78, 5) is 37.6. The second kappa shape index (κ2) is 6.14. The second-order valence-electron chi connectivity index (χ2n) is 5.02. The minimum Gasteiger partial charge on any atom is -0.454 e. The predicted molar refractivity (Wildman–Crippen MR) is 68.4 cm³/mol. The van der Waals surface area contributed by atoms with E-state index < -0.39 is 22.4 Å². The summed E-state index contributed by atoms with van der Waals surface area (Å²) in [5.41, 5.74) is -0.0711. The van der Waals surface area contributed by atoms with E-state index in [0.717, 1.165) is 0 Å². The SMILES string of the molecule is CC(C)(C)OC(=O)C(=O)c1ccc(CO[N+](=O)[O-])cc1. The van der Waals surface area contributed by atoms with Gasteiger partial charge in [0.2, 0.25) is 0 Å². The molecule has 0 spiro atoms. The topological polar surface area (TPSA) is 95.7 Å². The van der Waals surface area contributed by atoms with Crippen LogP contribution in [0.25, 0.3) is 0 Å². The molecule has 1 aromatic rings. The lowest BCUT2D eigenvalue weighted by Gasteiger charge is -2.18. The zero-order valence-electron chi connectivity index (χ0n) is 11.4. The summed E-state index contributed by atoms with van der Waals surface area (Å²) in [7, 11) is 0. The Labute approximate surface area is 115 Å². The van der Waals surface area contributed by atoms with E-state index in [2.05, 4.69) is 4.84 Å². The van der Waals surface area contributed by atoms with Crippen molar-refractivity contribution in [3.63, 3.8) is 0 Å². The smallest absolute Gasteiger partial charge is 0.380 e. The van der Waals surface area contributed by atoms with Gasteiger partial charge in [-0.2, -0.15) is 0 Å². The third-order valence-corrected chi connectivity index (χ3v) is 2.14. The van der Waals surface area contributed by atoms with Gasteiger partial charge in [0.25, 0.3) is 10.9 Å².